The Morgan fingerprint density at radius 1 is 0.283 bits per heavy atom. The first-order chi connectivity index (χ1) is 47.6. The lowest BCUT2D eigenvalue weighted by Gasteiger charge is -2.21. The Hall–Kier alpha value is -1.94. The number of hydrogen-bond donors (Lipinski definition) is 3. The van der Waals surface area contributed by atoms with E-state index >= 15 is 0 Å². The van der Waals surface area contributed by atoms with Crippen LogP contribution in [0, 0.1) is 23.7 Å². The van der Waals surface area contributed by atoms with Gasteiger partial charge >= 0.3 is 39.5 Å². The van der Waals surface area contributed by atoms with E-state index in [1.165, 1.54) is 205 Å². The van der Waals surface area contributed by atoms with Gasteiger partial charge in [0.1, 0.15) is 19.3 Å². The predicted octanol–water partition coefficient (Wildman–Crippen LogP) is 23.6. The zero-order chi connectivity index (χ0) is 73.1. The van der Waals surface area contributed by atoms with E-state index < -0.39 is 97.5 Å². The number of hydrogen-bond acceptors (Lipinski definition) is 15. The van der Waals surface area contributed by atoms with Crippen LogP contribution in [-0.4, -0.2) is 96.7 Å². The van der Waals surface area contributed by atoms with Gasteiger partial charge in [-0.25, -0.2) is 9.13 Å². The summed E-state index contributed by atoms with van der Waals surface area (Å²) >= 11 is 0. The Kier molecular flexibility index (Phi) is 67.8. The first-order valence-corrected chi connectivity index (χ1v) is 44.2. The normalized spacial score (nSPS) is 14.3. The zero-order valence-corrected chi connectivity index (χ0v) is 66.9. The maximum Gasteiger partial charge on any atom is 0.472 e. The summed E-state index contributed by atoms with van der Waals surface area (Å²) in [6.45, 7) is 14.2. The molecule has 0 amide bonds. The maximum absolute atomic E-state index is 13.1. The number of carbonyl (C=O) groups excluding carboxylic acids is 4. The van der Waals surface area contributed by atoms with Crippen molar-refractivity contribution in [3.8, 4) is 0 Å². The quantitative estimate of drug-likeness (QED) is 0.0222. The van der Waals surface area contributed by atoms with Gasteiger partial charge in [-0.15, -0.1) is 0 Å². The molecule has 19 heteroatoms. The van der Waals surface area contributed by atoms with Gasteiger partial charge in [-0.1, -0.05) is 357 Å². The third-order valence-electron chi connectivity index (χ3n) is 18.9. The highest BCUT2D eigenvalue weighted by Crippen LogP contribution is 2.45. The number of rotatable bonds is 77. The fourth-order valence-electron chi connectivity index (χ4n) is 12.2. The highest BCUT2D eigenvalue weighted by molar-refractivity contribution is 7.47. The van der Waals surface area contributed by atoms with Crippen molar-refractivity contribution in [3.63, 3.8) is 0 Å². The predicted molar refractivity (Wildman–Crippen MR) is 404 cm³/mol. The van der Waals surface area contributed by atoms with E-state index in [-0.39, 0.29) is 25.7 Å². The SMILES string of the molecule is CCC(C)CCCCCCCCCCCCCCCCC(=O)O[C@H](COC(=O)CCCCCCCCC(C)C)COP(=O)(O)OC[C@H](O)COP(=O)(O)OC[C@@H](COC(=O)CCCCCCCCCCCCCCCCCCC(C)C)OC(=O)CCCCCCCCCCCCC(C)C. The van der Waals surface area contributed by atoms with Crippen LogP contribution in [0.1, 0.15) is 409 Å². The summed E-state index contributed by atoms with van der Waals surface area (Å²) in [5, 5.41) is 10.6. The van der Waals surface area contributed by atoms with Crippen LogP contribution in [0.3, 0.4) is 0 Å². The molecule has 17 nitrogen and oxygen atoms in total. The lowest BCUT2D eigenvalue weighted by atomic mass is 9.99. The van der Waals surface area contributed by atoms with Gasteiger partial charge in [0, 0.05) is 25.7 Å². The number of ether oxygens (including phenoxy) is 4. The van der Waals surface area contributed by atoms with Crippen LogP contribution in [0.5, 0.6) is 0 Å². The van der Waals surface area contributed by atoms with E-state index in [0.29, 0.717) is 31.6 Å². The minimum Gasteiger partial charge on any atom is -0.462 e. The van der Waals surface area contributed by atoms with Gasteiger partial charge in [0.05, 0.1) is 26.4 Å². The summed E-state index contributed by atoms with van der Waals surface area (Å²) in [5.41, 5.74) is 0. The van der Waals surface area contributed by atoms with Crippen molar-refractivity contribution in [1.82, 2.24) is 0 Å². The van der Waals surface area contributed by atoms with Gasteiger partial charge in [-0.3, -0.25) is 37.3 Å². The van der Waals surface area contributed by atoms with E-state index in [4.69, 9.17) is 37.0 Å². The van der Waals surface area contributed by atoms with Gasteiger partial charge in [0.25, 0.3) is 0 Å². The van der Waals surface area contributed by atoms with Crippen LogP contribution < -0.4 is 0 Å². The van der Waals surface area contributed by atoms with Gasteiger partial charge in [0.15, 0.2) is 12.2 Å². The molecule has 0 rings (SSSR count). The first-order valence-electron chi connectivity index (χ1n) is 41.2. The molecule has 0 saturated heterocycles. The molecule has 588 valence electrons. The van der Waals surface area contributed by atoms with Crippen LogP contribution in [0.25, 0.3) is 0 Å². The summed E-state index contributed by atoms with van der Waals surface area (Å²) < 4.78 is 68.6. The second-order valence-electron chi connectivity index (χ2n) is 30.5. The highest BCUT2D eigenvalue weighted by atomic mass is 31.2. The topological polar surface area (TPSA) is 237 Å². The van der Waals surface area contributed by atoms with Crippen molar-refractivity contribution in [3.05, 3.63) is 0 Å². The summed E-state index contributed by atoms with van der Waals surface area (Å²) in [5.74, 6) is 0.972. The average Bonchev–Trinajstić information content (AvgIpc) is 1.03. The van der Waals surface area contributed by atoms with Crippen molar-refractivity contribution in [2.75, 3.05) is 39.6 Å². The molecule has 99 heavy (non-hydrogen) atoms. The summed E-state index contributed by atoms with van der Waals surface area (Å²) in [6.07, 6.45) is 55.6. The Morgan fingerprint density at radius 3 is 0.717 bits per heavy atom. The number of phosphoric acid groups is 2. The molecule has 6 atom stereocenters. The molecule has 3 N–H and O–H groups in total. The van der Waals surface area contributed by atoms with Crippen molar-refractivity contribution >= 4 is 39.5 Å². The number of phosphoric ester groups is 2. The Bertz CT molecular complexity index is 1940. The fraction of sp³-hybridized carbons (Fsp3) is 0.950. The van der Waals surface area contributed by atoms with E-state index in [2.05, 4.69) is 55.4 Å². The minimum absolute atomic E-state index is 0.106. The maximum atomic E-state index is 13.1. The largest absolute Gasteiger partial charge is 0.472 e. The molecule has 0 aromatic rings. The zero-order valence-electron chi connectivity index (χ0n) is 65.1. The van der Waals surface area contributed by atoms with Crippen molar-refractivity contribution in [2.24, 2.45) is 23.7 Å². The molecular formula is C80H156O17P2. The van der Waals surface area contributed by atoms with Gasteiger partial charge in [-0.05, 0) is 49.4 Å². The number of unbranched alkanes of at least 4 members (excludes halogenated alkanes) is 42. The second kappa shape index (κ2) is 69.1. The third kappa shape index (κ3) is 72.8. The van der Waals surface area contributed by atoms with Crippen LogP contribution in [0.4, 0.5) is 0 Å². The fourth-order valence-corrected chi connectivity index (χ4v) is 13.8. The molecule has 0 bridgehead atoms. The molecule has 0 aliphatic rings. The molecule has 0 aromatic heterocycles. The highest BCUT2D eigenvalue weighted by Gasteiger charge is 2.30. The summed E-state index contributed by atoms with van der Waals surface area (Å²) in [7, 11) is -9.92. The summed E-state index contributed by atoms with van der Waals surface area (Å²) in [4.78, 5) is 72.9. The number of carbonyl (C=O) groups is 4. The van der Waals surface area contributed by atoms with Gasteiger partial charge in [-0.2, -0.15) is 0 Å². The Balaban J connectivity index is 5.19. The van der Waals surface area contributed by atoms with Crippen LogP contribution in [0.2, 0.25) is 0 Å². The molecule has 0 heterocycles. The van der Waals surface area contributed by atoms with E-state index in [1.807, 2.05) is 0 Å². The standard InChI is InChI=1S/C80H156O17P2/c1-9-73(8)59-51-43-34-28-21-17-14-15-19-23-30-36-46-54-62-79(84)97-76(67-91-78(83)61-53-45-39-38-42-50-58-72(6)7)69-95-99(88,89)93-65-74(81)64-92-98(86,87)94-68-75(96-80(85)63-55-47-37-31-25-24-27-33-41-49-57-71(4)5)66-90-77(82)60-52-44-35-29-22-18-13-11-10-12-16-20-26-32-40-48-56-70(2)3/h70-76,81H,9-69H2,1-8H3,(H,86,87)(H,88,89)/t73?,74-,75-,76-/m1/s1. The van der Waals surface area contributed by atoms with Crippen LogP contribution >= 0.6 is 15.6 Å². The van der Waals surface area contributed by atoms with E-state index in [1.54, 1.807) is 0 Å². The Labute approximate surface area is 607 Å². The molecule has 3 unspecified atom stereocenters. The molecule has 0 aromatic carbocycles. The van der Waals surface area contributed by atoms with Crippen molar-refractivity contribution in [1.29, 1.82) is 0 Å². The van der Waals surface area contributed by atoms with E-state index in [0.717, 1.165) is 114 Å². The number of esters is 4. The molecule has 0 radical (unpaired) electrons. The molecule has 0 aliphatic heterocycles. The third-order valence-corrected chi connectivity index (χ3v) is 20.8. The van der Waals surface area contributed by atoms with Gasteiger partial charge in [0.2, 0.25) is 0 Å². The van der Waals surface area contributed by atoms with E-state index in [9.17, 15) is 43.2 Å². The lowest BCUT2D eigenvalue weighted by Crippen LogP contribution is -2.30. The Morgan fingerprint density at radius 2 is 0.485 bits per heavy atom. The number of aliphatic hydroxyl groups is 1. The molecule has 0 fully saturated rings. The van der Waals surface area contributed by atoms with Crippen molar-refractivity contribution in [2.45, 2.75) is 427 Å². The first kappa shape index (κ1) is 97.1. The van der Waals surface area contributed by atoms with Crippen LogP contribution in [-0.2, 0) is 65.4 Å². The van der Waals surface area contributed by atoms with Gasteiger partial charge < -0.3 is 33.8 Å². The summed E-state index contributed by atoms with van der Waals surface area (Å²) in [6, 6.07) is 0. The lowest BCUT2D eigenvalue weighted by molar-refractivity contribution is -0.161. The van der Waals surface area contributed by atoms with Crippen LogP contribution in [0.15, 0.2) is 0 Å². The molecule has 0 spiro atoms. The molecule has 0 saturated carbocycles. The monoisotopic (exact) mass is 1450 g/mol. The smallest absolute Gasteiger partial charge is 0.462 e. The molecule has 0 aliphatic carbocycles. The average molecular weight is 1450 g/mol. The second-order valence-corrected chi connectivity index (χ2v) is 33.4. The minimum atomic E-state index is -4.96. The van der Waals surface area contributed by atoms with Crippen molar-refractivity contribution < 1.29 is 80.2 Å². The molecular weight excluding hydrogens is 1290 g/mol. The number of aliphatic hydroxyl groups excluding tert-OH is 1.